The van der Waals surface area contributed by atoms with Crippen molar-refractivity contribution in [3.63, 3.8) is 0 Å². The van der Waals surface area contributed by atoms with Crippen molar-refractivity contribution in [2.45, 2.75) is 29.3 Å². The molecular weight excluding hydrogens is 344 g/mol. The lowest BCUT2D eigenvalue weighted by atomic mass is 10.2. The van der Waals surface area contributed by atoms with Gasteiger partial charge in [0.15, 0.2) is 0 Å². The molecule has 0 unspecified atom stereocenters. The van der Waals surface area contributed by atoms with E-state index in [1.54, 1.807) is 11.8 Å². The van der Waals surface area contributed by atoms with E-state index in [2.05, 4.69) is 32.8 Å². The molecule has 0 saturated carbocycles. The minimum Gasteiger partial charge on any atom is -0.240 e. The molecule has 0 aliphatic carbocycles. The van der Waals surface area contributed by atoms with Crippen LogP contribution >= 0.6 is 39.3 Å². The predicted molar refractivity (Wildman–Crippen MR) is 85.1 cm³/mol. The number of alkyl halides is 1. The third kappa shape index (κ3) is 3.94. The fourth-order valence-corrected chi connectivity index (χ4v) is 3.25. The zero-order chi connectivity index (χ0) is 13.7. The van der Waals surface area contributed by atoms with Crippen LogP contribution in [0.5, 0.6) is 0 Å². The molecule has 1 heterocycles. The summed E-state index contributed by atoms with van der Waals surface area (Å²) < 4.78 is 0. The summed E-state index contributed by atoms with van der Waals surface area (Å²) in [5.74, 6) is 1.59. The largest absolute Gasteiger partial charge is 0.240 e. The van der Waals surface area contributed by atoms with E-state index in [9.17, 15) is 0 Å². The van der Waals surface area contributed by atoms with Crippen molar-refractivity contribution < 1.29 is 0 Å². The van der Waals surface area contributed by atoms with Gasteiger partial charge in [-0.1, -0.05) is 46.6 Å². The first-order chi connectivity index (χ1) is 9.24. The summed E-state index contributed by atoms with van der Waals surface area (Å²) in [6.45, 7) is 2.11. The number of halogens is 2. The number of thioether (sulfide) groups is 1. The van der Waals surface area contributed by atoms with Gasteiger partial charge in [0.05, 0.1) is 10.8 Å². The number of nitrogens with zero attached hydrogens (tertiary/aromatic N) is 2. The Kier molecular flexibility index (Phi) is 5.67. The Morgan fingerprint density at radius 2 is 2.11 bits per heavy atom. The van der Waals surface area contributed by atoms with Crippen molar-refractivity contribution in [2.75, 3.05) is 0 Å². The smallest absolute Gasteiger partial charge is 0.138 e. The topological polar surface area (TPSA) is 25.8 Å². The predicted octanol–water partition coefficient (Wildman–Crippen LogP) is 4.88. The first kappa shape index (κ1) is 14.8. The molecule has 5 heteroatoms. The highest BCUT2D eigenvalue weighted by atomic mass is 79.9. The summed E-state index contributed by atoms with van der Waals surface area (Å²) in [5, 5.41) is 1.58. The number of aromatic nitrogens is 2. The second kappa shape index (κ2) is 7.27. The van der Waals surface area contributed by atoms with Gasteiger partial charge in [-0.3, -0.25) is 0 Å². The van der Waals surface area contributed by atoms with E-state index in [-0.39, 0.29) is 0 Å². The minimum atomic E-state index is 0.735. The zero-order valence-corrected chi connectivity index (χ0v) is 13.7. The van der Waals surface area contributed by atoms with Gasteiger partial charge in [0.1, 0.15) is 5.82 Å². The van der Waals surface area contributed by atoms with E-state index < -0.39 is 0 Å². The molecule has 0 bridgehead atoms. The molecule has 0 radical (unpaired) electrons. The molecule has 0 atom stereocenters. The summed E-state index contributed by atoms with van der Waals surface area (Å²) >= 11 is 11.2. The SMILES string of the molecule is CCc1nc(CSc2ccccc2Cl)ncc1CBr. The normalized spacial score (nSPS) is 10.7. The van der Waals surface area contributed by atoms with Gasteiger partial charge in [-0.15, -0.1) is 11.8 Å². The Labute approximate surface area is 131 Å². The van der Waals surface area contributed by atoms with Gasteiger partial charge in [0.25, 0.3) is 0 Å². The van der Waals surface area contributed by atoms with Gasteiger partial charge in [-0.05, 0) is 18.6 Å². The molecule has 0 aliphatic heterocycles. The van der Waals surface area contributed by atoms with E-state index in [0.29, 0.717) is 0 Å². The Balaban J connectivity index is 2.10. The second-order valence-electron chi connectivity index (χ2n) is 3.96. The van der Waals surface area contributed by atoms with Gasteiger partial charge in [0, 0.05) is 27.7 Å². The van der Waals surface area contributed by atoms with Gasteiger partial charge in [0.2, 0.25) is 0 Å². The molecule has 0 N–H and O–H groups in total. The van der Waals surface area contributed by atoms with E-state index >= 15 is 0 Å². The van der Waals surface area contributed by atoms with Crippen LogP contribution < -0.4 is 0 Å². The molecule has 2 aromatic rings. The molecule has 0 aliphatic rings. The quantitative estimate of drug-likeness (QED) is 0.563. The van der Waals surface area contributed by atoms with Crippen LogP contribution in [0.25, 0.3) is 0 Å². The van der Waals surface area contributed by atoms with Gasteiger partial charge < -0.3 is 0 Å². The van der Waals surface area contributed by atoms with Crippen molar-refractivity contribution in [3.05, 3.63) is 52.6 Å². The number of benzene rings is 1. The average Bonchev–Trinajstić information content (AvgIpc) is 2.46. The van der Waals surface area contributed by atoms with E-state index in [4.69, 9.17) is 11.6 Å². The molecule has 1 aromatic heterocycles. The van der Waals surface area contributed by atoms with Crippen LogP contribution in [0.4, 0.5) is 0 Å². The van der Waals surface area contributed by atoms with Crippen LogP contribution in [0.1, 0.15) is 24.0 Å². The van der Waals surface area contributed by atoms with Crippen LogP contribution in [0.2, 0.25) is 5.02 Å². The van der Waals surface area contributed by atoms with Crippen LogP contribution in [0.3, 0.4) is 0 Å². The number of aryl methyl sites for hydroxylation is 1. The summed E-state index contributed by atoms with van der Waals surface area (Å²) in [7, 11) is 0. The Bertz CT molecular complexity index is 563. The molecule has 0 saturated heterocycles. The summed E-state index contributed by atoms with van der Waals surface area (Å²) in [6.07, 6.45) is 2.83. The highest BCUT2D eigenvalue weighted by Crippen LogP contribution is 2.28. The number of hydrogen-bond donors (Lipinski definition) is 0. The molecule has 0 amide bonds. The summed E-state index contributed by atoms with van der Waals surface area (Å²) in [5.41, 5.74) is 2.27. The highest BCUT2D eigenvalue weighted by Gasteiger charge is 2.06. The molecule has 2 rings (SSSR count). The van der Waals surface area contributed by atoms with E-state index in [1.165, 1.54) is 0 Å². The van der Waals surface area contributed by atoms with Crippen LogP contribution in [-0.4, -0.2) is 9.97 Å². The van der Waals surface area contributed by atoms with Crippen molar-refractivity contribution in [1.82, 2.24) is 9.97 Å². The lowest BCUT2D eigenvalue weighted by Gasteiger charge is -2.07. The monoisotopic (exact) mass is 356 g/mol. The van der Waals surface area contributed by atoms with Gasteiger partial charge in [-0.25, -0.2) is 9.97 Å². The third-order valence-corrected chi connectivity index (χ3v) is 4.79. The zero-order valence-electron chi connectivity index (χ0n) is 10.6. The fourth-order valence-electron chi connectivity index (χ4n) is 1.67. The number of rotatable bonds is 5. The fraction of sp³-hybridized carbons (Fsp3) is 0.286. The first-order valence-electron chi connectivity index (χ1n) is 6.01. The molecular formula is C14H14BrClN2S. The highest BCUT2D eigenvalue weighted by molar-refractivity contribution is 9.08. The Hall–Kier alpha value is -0.580. The lowest BCUT2D eigenvalue weighted by Crippen LogP contribution is -2.01. The van der Waals surface area contributed by atoms with E-state index in [0.717, 1.165) is 44.5 Å². The summed E-state index contributed by atoms with van der Waals surface area (Å²) in [6, 6.07) is 7.83. The number of hydrogen-bond acceptors (Lipinski definition) is 3. The molecule has 19 heavy (non-hydrogen) atoms. The van der Waals surface area contributed by atoms with Crippen molar-refractivity contribution in [3.8, 4) is 0 Å². The van der Waals surface area contributed by atoms with Crippen LogP contribution in [0, 0.1) is 0 Å². The second-order valence-corrected chi connectivity index (χ2v) is 5.95. The lowest BCUT2D eigenvalue weighted by molar-refractivity contribution is 0.915. The molecule has 100 valence electrons. The molecule has 0 spiro atoms. The molecule has 0 fully saturated rings. The standard InChI is InChI=1S/C14H14BrClN2S/c1-2-12-10(7-15)8-17-14(18-12)9-19-13-6-4-3-5-11(13)16/h3-6,8H,2,7,9H2,1H3. The maximum absolute atomic E-state index is 6.13. The van der Waals surface area contributed by atoms with Crippen molar-refractivity contribution in [2.24, 2.45) is 0 Å². The minimum absolute atomic E-state index is 0.735. The first-order valence-corrected chi connectivity index (χ1v) is 8.50. The van der Waals surface area contributed by atoms with Crippen molar-refractivity contribution >= 4 is 39.3 Å². The average molecular weight is 358 g/mol. The Morgan fingerprint density at radius 1 is 1.32 bits per heavy atom. The third-order valence-electron chi connectivity index (χ3n) is 2.68. The Morgan fingerprint density at radius 3 is 2.79 bits per heavy atom. The van der Waals surface area contributed by atoms with Crippen LogP contribution in [-0.2, 0) is 17.5 Å². The maximum atomic E-state index is 6.13. The molecule has 2 nitrogen and oxygen atoms in total. The van der Waals surface area contributed by atoms with Gasteiger partial charge >= 0.3 is 0 Å². The van der Waals surface area contributed by atoms with Crippen LogP contribution in [0.15, 0.2) is 35.4 Å². The van der Waals surface area contributed by atoms with Crippen molar-refractivity contribution in [1.29, 1.82) is 0 Å². The molecule has 1 aromatic carbocycles. The maximum Gasteiger partial charge on any atom is 0.138 e. The van der Waals surface area contributed by atoms with Gasteiger partial charge in [-0.2, -0.15) is 0 Å². The van der Waals surface area contributed by atoms with E-state index in [1.807, 2.05) is 30.5 Å². The summed E-state index contributed by atoms with van der Waals surface area (Å²) in [4.78, 5) is 10.1.